The molecule has 0 aliphatic carbocycles. The van der Waals surface area contributed by atoms with Gasteiger partial charge in [-0.1, -0.05) is 22.0 Å². The third kappa shape index (κ3) is 3.19. The SMILES string of the molecule is Cc1ccc(F)cc1C(=O)Nc1c(N)cc(Br)cc1Br. The van der Waals surface area contributed by atoms with Crippen LogP contribution >= 0.6 is 31.9 Å². The zero-order chi connectivity index (χ0) is 14.9. The molecule has 0 aromatic heterocycles. The van der Waals surface area contributed by atoms with Crippen LogP contribution in [0.25, 0.3) is 0 Å². The molecular formula is C14H11Br2FN2O. The predicted octanol–water partition coefficient (Wildman–Crippen LogP) is 4.49. The van der Waals surface area contributed by atoms with Gasteiger partial charge in [-0.3, -0.25) is 4.79 Å². The van der Waals surface area contributed by atoms with Crippen molar-refractivity contribution in [2.24, 2.45) is 0 Å². The molecule has 0 aliphatic heterocycles. The highest BCUT2D eigenvalue weighted by molar-refractivity contribution is 9.11. The van der Waals surface area contributed by atoms with Gasteiger partial charge in [-0.15, -0.1) is 0 Å². The Balaban J connectivity index is 2.35. The summed E-state index contributed by atoms with van der Waals surface area (Å²) < 4.78 is 14.7. The van der Waals surface area contributed by atoms with Gasteiger partial charge in [0, 0.05) is 14.5 Å². The van der Waals surface area contributed by atoms with E-state index in [0.717, 1.165) is 4.47 Å². The number of carbonyl (C=O) groups is 1. The van der Waals surface area contributed by atoms with E-state index in [4.69, 9.17) is 5.73 Å². The molecule has 0 bridgehead atoms. The van der Waals surface area contributed by atoms with Crippen molar-refractivity contribution in [2.75, 3.05) is 11.1 Å². The topological polar surface area (TPSA) is 55.1 Å². The summed E-state index contributed by atoms with van der Waals surface area (Å²) in [5.41, 5.74) is 7.71. The molecule has 3 nitrogen and oxygen atoms in total. The van der Waals surface area contributed by atoms with E-state index in [9.17, 15) is 9.18 Å². The molecule has 3 N–H and O–H groups in total. The second-order valence-corrected chi connectivity index (χ2v) is 6.04. The maximum atomic E-state index is 13.2. The predicted molar refractivity (Wildman–Crippen MR) is 85.3 cm³/mol. The summed E-state index contributed by atoms with van der Waals surface area (Å²) in [6.45, 7) is 1.74. The monoisotopic (exact) mass is 400 g/mol. The number of halogens is 3. The molecule has 0 unspecified atom stereocenters. The van der Waals surface area contributed by atoms with Crippen LogP contribution in [0.1, 0.15) is 15.9 Å². The van der Waals surface area contributed by atoms with Gasteiger partial charge in [0.1, 0.15) is 5.82 Å². The van der Waals surface area contributed by atoms with Gasteiger partial charge in [-0.25, -0.2) is 4.39 Å². The van der Waals surface area contributed by atoms with E-state index in [2.05, 4.69) is 37.2 Å². The number of anilines is 2. The Morgan fingerprint density at radius 1 is 1.25 bits per heavy atom. The minimum Gasteiger partial charge on any atom is -0.397 e. The highest BCUT2D eigenvalue weighted by Gasteiger charge is 2.14. The first-order chi connectivity index (χ1) is 9.38. The van der Waals surface area contributed by atoms with Crippen molar-refractivity contribution >= 4 is 49.1 Å². The molecule has 20 heavy (non-hydrogen) atoms. The van der Waals surface area contributed by atoms with Crippen molar-refractivity contribution in [3.63, 3.8) is 0 Å². The molecule has 0 atom stereocenters. The number of hydrogen-bond acceptors (Lipinski definition) is 2. The van der Waals surface area contributed by atoms with Gasteiger partial charge in [0.2, 0.25) is 0 Å². The first kappa shape index (κ1) is 15.0. The van der Waals surface area contributed by atoms with Crippen molar-refractivity contribution in [1.29, 1.82) is 0 Å². The minimum absolute atomic E-state index is 0.277. The quantitative estimate of drug-likeness (QED) is 0.728. The molecule has 1 amide bonds. The third-order valence-electron chi connectivity index (χ3n) is 2.77. The number of nitrogens with one attached hydrogen (secondary N) is 1. The van der Waals surface area contributed by atoms with Gasteiger partial charge in [0.05, 0.1) is 11.4 Å². The Hall–Kier alpha value is -1.40. The van der Waals surface area contributed by atoms with Gasteiger partial charge in [0.25, 0.3) is 5.91 Å². The summed E-state index contributed by atoms with van der Waals surface area (Å²) in [5, 5.41) is 2.69. The van der Waals surface area contributed by atoms with Crippen LogP contribution in [0.3, 0.4) is 0 Å². The van der Waals surface area contributed by atoms with E-state index in [0.29, 0.717) is 21.4 Å². The lowest BCUT2D eigenvalue weighted by atomic mass is 10.1. The second-order valence-electron chi connectivity index (χ2n) is 4.27. The van der Waals surface area contributed by atoms with Crippen LogP contribution in [0.4, 0.5) is 15.8 Å². The summed E-state index contributed by atoms with van der Waals surface area (Å²) in [7, 11) is 0. The largest absolute Gasteiger partial charge is 0.397 e. The van der Waals surface area contributed by atoms with Crippen LogP contribution in [0.2, 0.25) is 0 Å². The fourth-order valence-corrected chi connectivity index (χ4v) is 3.10. The van der Waals surface area contributed by atoms with Gasteiger partial charge in [-0.05, 0) is 52.7 Å². The van der Waals surface area contributed by atoms with Crippen LogP contribution in [0, 0.1) is 12.7 Å². The number of benzene rings is 2. The summed E-state index contributed by atoms with van der Waals surface area (Å²) in [6.07, 6.45) is 0. The van der Waals surface area contributed by atoms with E-state index in [1.54, 1.807) is 25.1 Å². The molecule has 2 aromatic rings. The summed E-state index contributed by atoms with van der Waals surface area (Å²) >= 11 is 6.64. The minimum atomic E-state index is -0.455. The van der Waals surface area contributed by atoms with Crippen molar-refractivity contribution in [1.82, 2.24) is 0 Å². The van der Waals surface area contributed by atoms with E-state index in [1.165, 1.54) is 12.1 Å². The summed E-state index contributed by atoms with van der Waals surface area (Å²) in [6, 6.07) is 7.52. The van der Waals surface area contributed by atoms with Crippen LogP contribution in [0.5, 0.6) is 0 Å². The highest BCUT2D eigenvalue weighted by Crippen LogP contribution is 2.33. The molecule has 0 saturated carbocycles. The molecule has 2 rings (SSSR count). The smallest absolute Gasteiger partial charge is 0.256 e. The van der Waals surface area contributed by atoms with Crippen LogP contribution in [-0.2, 0) is 0 Å². The third-order valence-corrected chi connectivity index (χ3v) is 3.85. The molecule has 104 valence electrons. The van der Waals surface area contributed by atoms with E-state index < -0.39 is 11.7 Å². The maximum absolute atomic E-state index is 13.2. The molecular weight excluding hydrogens is 391 g/mol. The average Bonchev–Trinajstić information content (AvgIpc) is 2.36. The van der Waals surface area contributed by atoms with Crippen molar-refractivity contribution in [3.8, 4) is 0 Å². The number of nitrogens with two attached hydrogens (primary N) is 1. The lowest BCUT2D eigenvalue weighted by Gasteiger charge is -2.12. The number of amides is 1. The number of aryl methyl sites for hydroxylation is 1. The lowest BCUT2D eigenvalue weighted by molar-refractivity contribution is 0.102. The molecule has 0 fully saturated rings. The fourth-order valence-electron chi connectivity index (χ4n) is 1.75. The van der Waals surface area contributed by atoms with Gasteiger partial charge >= 0.3 is 0 Å². The Morgan fingerprint density at radius 2 is 1.95 bits per heavy atom. The van der Waals surface area contributed by atoms with E-state index in [1.807, 2.05) is 0 Å². The van der Waals surface area contributed by atoms with Gasteiger partial charge in [0.15, 0.2) is 0 Å². The fraction of sp³-hybridized carbons (Fsp3) is 0.0714. The van der Waals surface area contributed by atoms with E-state index in [-0.39, 0.29) is 5.56 Å². The average molecular weight is 402 g/mol. The van der Waals surface area contributed by atoms with Crippen LogP contribution in [-0.4, -0.2) is 5.91 Å². The first-order valence-electron chi connectivity index (χ1n) is 5.70. The number of carbonyl (C=O) groups excluding carboxylic acids is 1. The van der Waals surface area contributed by atoms with Gasteiger partial charge in [-0.2, -0.15) is 0 Å². The first-order valence-corrected chi connectivity index (χ1v) is 7.29. The Kier molecular flexibility index (Phi) is 4.45. The molecule has 0 aliphatic rings. The second kappa shape index (κ2) is 5.93. The van der Waals surface area contributed by atoms with E-state index >= 15 is 0 Å². The summed E-state index contributed by atoms with van der Waals surface area (Å²) in [5.74, 6) is -0.861. The number of hydrogen-bond donors (Lipinski definition) is 2. The number of rotatable bonds is 2. The zero-order valence-corrected chi connectivity index (χ0v) is 13.7. The summed E-state index contributed by atoms with van der Waals surface area (Å²) in [4.78, 5) is 12.2. The lowest BCUT2D eigenvalue weighted by Crippen LogP contribution is -2.15. The van der Waals surface area contributed by atoms with Crippen molar-refractivity contribution in [3.05, 3.63) is 56.2 Å². The number of nitrogen functional groups attached to an aromatic ring is 1. The standard InChI is InChI=1S/C14H11Br2FN2O/c1-7-2-3-9(17)6-10(7)14(20)19-13-11(16)4-8(15)5-12(13)18/h2-6H,18H2,1H3,(H,19,20). The molecule has 0 spiro atoms. The molecule has 0 saturated heterocycles. The maximum Gasteiger partial charge on any atom is 0.256 e. The zero-order valence-electron chi connectivity index (χ0n) is 10.5. The normalized spacial score (nSPS) is 10.4. The Labute approximate surface area is 132 Å². The Morgan fingerprint density at radius 3 is 2.60 bits per heavy atom. The molecule has 0 heterocycles. The molecule has 2 aromatic carbocycles. The van der Waals surface area contributed by atoms with Gasteiger partial charge < -0.3 is 11.1 Å². The van der Waals surface area contributed by atoms with Crippen LogP contribution < -0.4 is 11.1 Å². The molecule has 6 heteroatoms. The van der Waals surface area contributed by atoms with Crippen molar-refractivity contribution < 1.29 is 9.18 Å². The highest BCUT2D eigenvalue weighted by atomic mass is 79.9. The Bertz CT molecular complexity index is 666. The molecule has 0 radical (unpaired) electrons. The van der Waals surface area contributed by atoms with Crippen molar-refractivity contribution in [2.45, 2.75) is 6.92 Å². The van der Waals surface area contributed by atoms with Crippen LogP contribution in [0.15, 0.2) is 39.3 Å².